The molecule has 0 unspecified atom stereocenters. The Kier molecular flexibility index (Phi) is 6.13. The number of nitrogens with zero attached hydrogens (tertiary/aromatic N) is 1. The molecule has 0 aliphatic heterocycles. The number of benzene rings is 2. The van der Waals surface area contributed by atoms with E-state index in [1.54, 1.807) is 30.3 Å². The van der Waals surface area contributed by atoms with Gasteiger partial charge in [-0.15, -0.1) is 0 Å². The third-order valence-corrected chi connectivity index (χ3v) is 3.75. The molecule has 2 rings (SSSR count). The number of hydrogen-bond donors (Lipinski definition) is 0. The summed E-state index contributed by atoms with van der Waals surface area (Å²) in [5.74, 6) is 0.176. The Morgan fingerprint density at radius 2 is 1.84 bits per heavy atom. The van der Waals surface area contributed by atoms with Gasteiger partial charge in [0.2, 0.25) is 6.20 Å². The molecular weight excluding hydrogens is 394 g/mol. The van der Waals surface area contributed by atoms with Gasteiger partial charge in [0.1, 0.15) is 11.3 Å². The van der Waals surface area contributed by atoms with Gasteiger partial charge in [0.25, 0.3) is 0 Å². The van der Waals surface area contributed by atoms with E-state index in [2.05, 4.69) is 15.9 Å². The van der Waals surface area contributed by atoms with Crippen LogP contribution in [0.5, 0.6) is 17.2 Å². The highest BCUT2D eigenvalue weighted by Crippen LogP contribution is 2.38. The third-order valence-electron chi connectivity index (χ3n) is 3.16. The van der Waals surface area contributed by atoms with Gasteiger partial charge in [-0.2, -0.15) is 0 Å². The molecule has 0 amide bonds. The Morgan fingerprint density at radius 3 is 2.48 bits per heavy atom. The summed E-state index contributed by atoms with van der Waals surface area (Å²) < 4.78 is 16.2. The van der Waals surface area contributed by atoms with Crippen molar-refractivity contribution in [1.29, 1.82) is 0 Å². The van der Waals surface area contributed by atoms with Gasteiger partial charge in [0.15, 0.2) is 11.5 Å². The van der Waals surface area contributed by atoms with Gasteiger partial charge in [0, 0.05) is 6.08 Å². The predicted molar refractivity (Wildman–Crippen MR) is 94.7 cm³/mol. The lowest BCUT2D eigenvalue weighted by Crippen LogP contribution is -2.11. The molecule has 0 aromatic heterocycles. The fourth-order valence-corrected chi connectivity index (χ4v) is 2.58. The molecular formula is C17H14BrNO6. The second-order valence-electron chi connectivity index (χ2n) is 4.73. The maximum absolute atomic E-state index is 12.4. The van der Waals surface area contributed by atoms with Gasteiger partial charge in [0.05, 0.1) is 23.6 Å². The molecule has 8 heteroatoms. The molecule has 0 spiro atoms. The number of nitro groups is 1. The van der Waals surface area contributed by atoms with Crippen molar-refractivity contribution in [2.75, 3.05) is 14.2 Å². The lowest BCUT2D eigenvalue weighted by atomic mass is 10.2. The predicted octanol–water partition coefficient (Wildman–Crippen LogP) is 3.93. The number of methoxy groups -OCH3 is 2. The first-order chi connectivity index (χ1) is 12.0. The van der Waals surface area contributed by atoms with Crippen molar-refractivity contribution in [3.8, 4) is 17.2 Å². The van der Waals surface area contributed by atoms with E-state index in [0.29, 0.717) is 15.8 Å². The van der Waals surface area contributed by atoms with Crippen LogP contribution in [0.4, 0.5) is 0 Å². The minimum absolute atomic E-state index is 0.164. The largest absolute Gasteiger partial charge is 0.496 e. The maximum Gasteiger partial charge on any atom is 0.347 e. The highest BCUT2D eigenvalue weighted by Gasteiger charge is 2.19. The number of para-hydroxylation sites is 1. The van der Waals surface area contributed by atoms with E-state index in [1.165, 1.54) is 26.4 Å². The Labute approximate surface area is 152 Å². The maximum atomic E-state index is 12.4. The van der Waals surface area contributed by atoms with E-state index in [9.17, 15) is 14.9 Å². The third kappa shape index (κ3) is 4.57. The quantitative estimate of drug-likeness (QED) is 0.312. The molecule has 0 N–H and O–H groups in total. The topological polar surface area (TPSA) is 87.9 Å². The van der Waals surface area contributed by atoms with E-state index < -0.39 is 10.9 Å². The second kappa shape index (κ2) is 8.29. The Bertz CT molecular complexity index is 834. The van der Waals surface area contributed by atoms with Gasteiger partial charge < -0.3 is 14.2 Å². The van der Waals surface area contributed by atoms with Crippen LogP contribution in [0.2, 0.25) is 0 Å². The van der Waals surface area contributed by atoms with Gasteiger partial charge in [-0.3, -0.25) is 10.1 Å². The number of carbonyl (C=O) groups excluding carboxylic acids is 1. The van der Waals surface area contributed by atoms with Crippen molar-refractivity contribution in [3.63, 3.8) is 0 Å². The van der Waals surface area contributed by atoms with Crippen LogP contribution in [-0.2, 0) is 0 Å². The number of esters is 1. The molecule has 0 heterocycles. The SMILES string of the molecule is COc1ccccc1C(=O)Oc1c(Br)cc(C=C[N+](=O)[O-])cc1OC. The smallest absolute Gasteiger partial charge is 0.347 e. The van der Waals surface area contributed by atoms with Crippen LogP contribution in [-0.4, -0.2) is 25.1 Å². The molecule has 0 saturated heterocycles. The van der Waals surface area contributed by atoms with Crippen molar-refractivity contribution >= 4 is 28.0 Å². The summed E-state index contributed by atoms with van der Waals surface area (Å²) in [6, 6.07) is 9.76. The van der Waals surface area contributed by atoms with Crippen LogP contribution >= 0.6 is 15.9 Å². The molecule has 0 fully saturated rings. The summed E-state index contributed by atoms with van der Waals surface area (Å²) in [6.45, 7) is 0. The Balaban J connectivity index is 2.35. The van der Waals surface area contributed by atoms with Crippen LogP contribution in [0.3, 0.4) is 0 Å². The molecule has 0 atom stereocenters. The van der Waals surface area contributed by atoms with Gasteiger partial charge >= 0.3 is 5.97 Å². The highest BCUT2D eigenvalue weighted by molar-refractivity contribution is 9.10. The van der Waals surface area contributed by atoms with Crippen molar-refractivity contribution in [2.24, 2.45) is 0 Å². The van der Waals surface area contributed by atoms with E-state index in [0.717, 1.165) is 6.20 Å². The normalized spacial score (nSPS) is 10.5. The molecule has 2 aromatic rings. The van der Waals surface area contributed by atoms with Crippen LogP contribution in [0, 0.1) is 10.1 Å². The standard InChI is InChI=1S/C17H14BrNO6/c1-23-14-6-4-3-5-12(14)17(20)25-16-13(18)9-11(7-8-19(21)22)10-15(16)24-2/h3-10H,1-2H3. The summed E-state index contributed by atoms with van der Waals surface area (Å²) in [4.78, 5) is 22.3. The minimum Gasteiger partial charge on any atom is -0.496 e. The van der Waals surface area contributed by atoms with E-state index >= 15 is 0 Å². The first kappa shape index (κ1) is 18.5. The number of ether oxygens (including phenoxy) is 3. The fourth-order valence-electron chi connectivity index (χ4n) is 2.04. The van der Waals surface area contributed by atoms with Crippen molar-refractivity contribution in [3.05, 3.63) is 68.3 Å². The molecule has 0 radical (unpaired) electrons. The summed E-state index contributed by atoms with van der Waals surface area (Å²) in [5, 5.41) is 10.4. The average Bonchev–Trinajstić information content (AvgIpc) is 2.61. The molecule has 0 saturated carbocycles. The first-order valence-corrected chi connectivity index (χ1v) is 7.80. The summed E-state index contributed by atoms with van der Waals surface area (Å²) in [6.07, 6.45) is 2.11. The first-order valence-electron chi connectivity index (χ1n) is 7.00. The van der Waals surface area contributed by atoms with Crippen LogP contribution in [0.25, 0.3) is 6.08 Å². The number of rotatable bonds is 6. The van der Waals surface area contributed by atoms with Crippen LogP contribution in [0.15, 0.2) is 47.1 Å². The second-order valence-corrected chi connectivity index (χ2v) is 5.58. The zero-order valence-corrected chi connectivity index (χ0v) is 15.0. The molecule has 7 nitrogen and oxygen atoms in total. The summed E-state index contributed by atoms with van der Waals surface area (Å²) >= 11 is 3.29. The monoisotopic (exact) mass is 407 g/mol. The number of carbonyl (C=O) groups is 1. The molecule has 2 aromatic carbocycles. The van der Waals surface area contributed by atoms with Gasteiger partial charge in [-0.25, -0.2) is 4.79 Å². The zero-order chi connectivity index (χ0) is 18.4. The minimum atomic E-state index is -0.620. The molecule has 0 aliphatic rings. The Hall–Kier alpha value is -2.87. The highest BCUT2D eigenvalue weighted by atomic mass is 79.9. The zero-order valence-electron chi connectivity index (χ0n) is 13.4. The van der Waals surface area contributed by atoms with Gasteiger partial charge in [-0.1, -0.05) is 12.1 Å². The molecule has 0 bridgehead atoms. The van der Waals surface area contributed by atoms with Gasteiger partial charge in [-0.05, 0) is 45.8 Å². The van der Waals surface area contributed by atoms with Crippen LogP contribution in [0.1, 0.15) is 15.9 Å². The molecule has 0 aliphatic carbocycles. The summed E-state index contributed by atoms with van der Waals surface area (Å²) in [5.41, 5.74) is 0.772. The average molecular weight is 408 g/mol. The van der Waals surface area contributed by atoms with E-state index in [-0.39, 0.29) is 17.1 Å². The van der Waals surface area contributed by atoms with Crippen molar-refractivity contribution in [1.82, 2.24) is 0 Å². The lowest BCUT2D eigenvalue weighted by molar-refractivity contribution is -0.400. The molecule has 25 heavy (non-hydrogen) atoms. The van der Waals surface area contributed by atoms with Crippen molar-refractivity contribution < 1.29 is 23.9 Å². The number of hydrogen-bond acceptors (Lipinski definition) is 6. The molecule has 130 valence electrons. The summed E-state index contributed by atoms with van der Waals surface area (Å²) in [7, 11) is 2.86. The van der Waals surface area contributed by atoms with E-state index in [1.807, 2.05) is 0 Å². The Morgan fingerprint density at radius 1 is 1.16 bits per heavy atom. The lowest BCUT2D eigenvalue weighted by Gasteiger charge is -2.13. The number of halogens is 1. The fraction of sp³-hybridized carbons (Fsp3) is 0.118. The van der Waals surface area contributed by atoms with Crippen LogP contribution < -0.4 is 14.2 Å². The van der Waals surface area contributed by atoms with Crippen molar-refractivity contribution in [2.45, 2.75) is 0 Å². The van der Waals surface area contributed by atoms with E-state index in [4.69, 9.17) is 14.2 Å².